The van der Waals surface area contributed by atoms with Crippen molar-refractivity contribution in [3.63, 3.8) is 0 Å². The molecule has 0 saturated carbocycles. The number of benzene rings is 1. The highest BCUT2D eigenvalue weighted by Gasteiger charge is 2.23. The Morgan fingerprint density at radius 3 is 2.50 bits per heavy atom. The molecule has 3 aromatic rings. The Hall–Kier alpha value is -3.26. The lowest BCUT2D eigenvalue weighted by molar-refractivity contribution is -0.124. The first-order chi connectivity index (χ1) is 13.6. The van der Waals surface area contributed by atoms with Crippen LogP contribution in [0.1, 0.15) is 23.7 Å². The summed E-state index contributed by atoms with van der Waals surface area (Å²) in [6, 6.07) is 10.6. The maximum absolute atomic E-state index is 12.5. The zero-order valence-corrected chi connectivity index (χ0v) is 16.2. The average Bonchev–Trinajstić information content (AvgIpc) is 3.20. The number of anilines is 1. The molecule has 0 radical (unpaired) electrons. The van der Waals surface area contributed by atoms with E-state index in [1.54, 1.807) is 14.0 Å². The van der Waals surface area contributed by atoms with Crippen molar-refractivity contribution in [1.29, 1.82) is 0 Å². The highest BCUT2D eigenvalue weighted by atomic mass is 32.1. The first kappa shape index (κ1) is 19.5. The summed E-state index contributed by atoms with van der Waals surface area (Å²) in [6.45, 7) is 1.77. The summed E-state index contributed by atoms with van der Waals surface area (Å²) in [6.07, 6.45) is 2.43. The van der Waals surface area contributed by atoms with Crippen LogP contribution in [0, 0.1) is 0 Å². The van der Waals surface area contributed by atoms with E-state index in [0.29, 0.717) is 17.1 Å². The lowest BCUT2D eigenvalue weighted by Gasteiger charge is -2.15. The van der Waals surface area contributed by atoms with Gasteiger partial charge in [-0.05, 0) is 42.8 Å². The highest BCUT2D eigenvalue weighted by molar-refractivity contribution is 7.14. The molecule has 3 rings (SSSR count). The summed E-state index contributed by atoms with van der Waals surface area (Å²) < 4.78 is 10.5. The van der Waals surface area contributed by atoms with Crippen molar-refractivity contribution in [2.45, 2.75) is 19.4 Å². The van der Waals surface area contributed by atoms with E-state index in [9.17, 15) is 9.59 Å². The predicted molar refractivity (Wildman–Crippen MR) is 106 cm³/mol. The first-order valence-corrected chi connectivity index (χ1v) is 9.50. The molecule has 1 aromatic carbocycles. The van der Waals surface area contributed by atoms with Gasteiger partial charge in [0.1, 0.15) is 5.75 Å². The number of pyridine rings is 1. The van der Waals surface area contributed by atoms with Crippen molar-refractivity contribution in [3.8, 4) is 17.0 Å². The van der Waals surface area contributed by atoms with E-state index in [0.717, 1.165) is 17.0 Å². The number of ether oxygens (including phenoxy) is 2. The van der Waals surface area contributed by atoms with Gasteiger partial charge in [-0.3, -0.25) is 15.1 Å². The average molecular weight is 397 g/mol. The van der Waals surface area contributed by atoms with E-state index in [1.807, 2.05) is 29.6 Å². The van der Waals surface area contributed by atoms with Gasteiger partial charge in [0.15, 0.2) is 11.2 Å². The van der Waals surface area contributed by atoms with Gasteiger partial charge in [-0.2, -0.15) is 0 Å². The molecule has 2 heterocycles. The largest absolute Gasteiger partial charge is 0.497 e. The SMILES string of the molecule is CCC(OC(=O)c1ccncc1)C(=O)Nc1nc(-c2ccc(OC)cc2)cs1. The number of nitrogens with one attached hydrogen (secondary N) is 1. The number of nitrogens with zero attached hydrogens (tertiary/aromatic N) is 2. The van der Waals surface area contributed by atoms with Crippen LogP contribution in [-0.4, -0.2) is 35.1 Å². The van der Waals surface area contributed by atoms with Crippen LogP contribution < -0.4 is 10.1 Å². The van der Waals surface area contributed by atoms with Crippen LogP contribution >= 0.6 is 11.3 Å². The third-order valence-electron chi connectivity index (χ3n) is 3.95. The smallest absolute Gasteiger partial charge is 0.339 e. The molecule has 0 fully saturated rings. The summed E-state index contributed by atoms with van der Waals surface area (Å²) in [5, 5.41) is 5.00. The molecule has 1 amide bonds. The maximum Gasteiger partial charge on any atom is 0.339 e. The molecule has 0 spiro atoms. The van der Waals surface area contributed by atoms with Crippen LogP contribution in [0.3, 0.4) is 0 Å². The monoisotopic (exact) mass is 397 g/mol. The lowest BCUT2D eigenvalue weighted by Crippen LogP contribution is -2.32. The van der Waals surface area contributed by atoms with Crippen molar-refractivity contribution in [2.24, 2.45) is 0 Å². The second-order valence-corrected chi connectivity index (χ2v) is 6.65. The number of thiazole rings is 1. The Labute approximate surface area is 166 Å². The molecule has 28 heavy (non-hydrogen) atoms. The molecular weight excluding hydrogens is 378 g/mol. The van der Waals surface area contributed by atoms with Crippen LogP contribution in [0.25, 0.3) is 11.3 Å². The second kappa shape index (κ2) is 9.09. The summed E-state index contributed by atoms with van der Waals surface area (Å²) in [7, 11) is 1.61. The van der Waals surface area contributed by atoms with E-state index in [2.05, 4.69) is 15.3 Å². The molecule has 0 saturated heterocycles. The Kier molecular flexibility index (Phi) is 6.33. The van der Waals surface area contributed by atoms with Crippen molar-refractivity contribution in [1.82, 2.24) is 9.97 Å². The van der Waals surface area contributed by atoms with Gasteiger partial charge < -0.3 is 9.47 Å². The standard InChI is InChI=1S/C20H19N3O4S/c1-3-17(27-19(25)14-8-10-21-11-9-14)18(24)23-20-22-16(12-28-20)13-4-6-15(26-2)7-5-13/h4-12,17H,3H2,1-2H3,(H,22,23,24). The zero-order chi connectivity index (χ0) is 19.9. The van der Waals surface area contributed by atoms with Crippen molar-refractivity contribution < 1.29 is 19.1 Å². The number of methoxy groups -OCH3 is 1. The third kappa shape index (κ3) is 4.72. The minimum Gasteiger partial charge on any atom is -0.497 e. The normalized spacial score (nSPS) is 11.5. The fourth-order valence-electron chi connectivity index (χ4n) is 2.42. The Bertz CT molecular complexity index is 942. The van der Waals surface area contributed by atoms with Gasteiger partial charge in [0.05, 0.1) is 18.4 Å². The molecule has 0 bridgehead atoms. The third-order valence-corrected chi connectivity index (χ3v) is 4.71. The number of carbonyl (C=O) groups is 2. The predicted octanol–water partition coefficient (Wildman–Crippen LogP) is 3.79. The van der Waals surface area contributed by atoms with Gasteiger partial charge in [-0.1, -0.05) is 6.92 Å². The van der Waals surface area contributed by atoms with Crippen molar-refractivity contribution >= 4 is 28.3 Å². The number of carbonyl (C=O) groups excluding carboxylic acids is 2. The molecule has 1 unspecified atom stereocenters. The minimum atomic E-state index is -0.908. The summed E-state index contributed by atoms with van der Waals surface area (Å²) in [5.74, 6) is -0.225. The number of hydrogen-bond donors (Lipinski definition) is 1. The molecule has 0 aliphatic carbocycles. The van der Waals surface area contributed by atoms with Gasteiger partial charge in [0.25, 0.3) is 5.91 Å². The Morgan fingerprint density at radius 1 is 1.14 bits per heavy atom. The van der Waals surface area contributed by atoms with Crippen molar-refractivity contribution in [3.05, 3.63) is 59.7 Å². The lowest BCUT2D eigenvalue weighted by atomic mass is 10.2. The van der Waals surface area contributed by atoms with Crippen LogP contribution in [0.15, 0.2) is 54.2 Å². The fourth-order valence-corrected chi connectivity index (χ4v) is 3.14. The van der Waals surface area contributed by atoms with Crippen LogP contribution in [0.2, 0.25) is 0 Å². The first-order valence-electron chi connectivity index (χ1n) is 8.62. The molecule has 7 nitrogen and oxygen atoms in total. The van der Waals surface area contributed by atoms with E-state index >= 15 is 0 Å². The van der Waals surface area contributed by atoms with E-state index < -0.39 is 18.0 Å². The van der Waals surface area contributed by atoms with Gasteiger partial charge in [0, 0.05) is 23.3 Å². The second-order valence-electron chi connectivity index (χ2n) is 5.79. The minimum absolute atomic E-state index is 0.345. The summed E-state index contributed by atoms with van der Waals surface area (Å²) in [5.41, 5.74) is 2.00. The van der Waals surface area contributed by atoms with Crippen LogP contribution in [0.4, 0.5) is 5.13 Å². The molecule has 8 heteroatoms. The number of amides is 1. The zero-order valence-electron chi connectivity index (χ0n) is 15.4. The van der Waals surface area contributed by atoms with Crippen molar-refractivity contribution in [2.75, 3.05) is 12.4 Å². The number of aromatic nitrogens is 2. The molecule has 1 N–H and O–H groups in total. The topological polar surface area (TPSA) is 90.4 Å². The van der Waals surface area contributed by atoms with Gasteiger partial charge in [-0.15, -0.1) is 11.3 Å². The fraction of sp³-hybridized carbons (Fsp3) is 0.200. The number of esters is 1. The molecule has 0 aliphatic heterocycles. The molecular formula is C20H19N3O4S. The quantitative estimate of drug-likeness (QED) is 0.610. The Morgan fingerprint density at radius 2 is 1.86 bits per heavy atom. The molecule has 2 aromatic heterocycles. The van der Waals surface area contributed by atoms with Crippen LogP contribution in [-0.2, 0) is 9.53 Å². The Balaban J connectivity index is 1.64. The van der Waals surface area contributed by atoms with Crippen LogP contribution in [0.5, 0.6) is 5.75 Å². The highest BCUT2D eigenvalue weighted by Crippen LogP contribution is 2.26. The number of hydrogen-bond acceptors (Lipinski definition) is 7. The molecule has 0 aliphatic rings. The van der Waals surface area contributed by atoms with E-state index in [1.165, 1.54) is 35.9 Å². The molecule has 144 valence electrons. The van der Waals surface area contributed by atoms with Gasteiger partial charge >= 0.3 is 5.97 Å². The molecule has 1 atom stereocenters. The van der Waals surface area contributed by atoms with Gasteiger partial charge in [-0.25, -0.2) is 9.78 Å². The summed E-state index contributed by atoms with van der Waals surface area (Å²) in [4.78, 5) is 32.9. The van der Waals surface area contributed by atoms with E-state index in [-0.39, 0.29) is 0 Å². The number of rotatable bonds is 7. The summed E-state index contributed by atoms with van der Waals surface area (Å²) >= 11 is 1.30. The van der Waals surface area contributed by atoms with Gasteiger partial charge in [0.2, 0.25) is 0 Å². The maximum atomic E-state index is 12.5. The van der Waals surface area contributed by atoms with E-state index in [4.69, 9.17) is 9.47 Å².